The number of benzene rings is 2. The van der Waals surface area contributed by atoms with E-state index in [1.165, 1.54) is 12.3 Å². The summed E-state index contributed by atoms with van der Waals surface area (Å²) in [6.07, 6.45) is 3.08. The molecule has 0 amide bonds. The maximum Gasteiger partial charge on any atom is 0.173 e. The Bertz CT molecular complexity index is 1540. The standard InChI is InChI=1S/C26H19FN6O/c1-34-24-11-10-22(31-26(24)30-21-12-13-29-15-18(21)14-28)25-19-7-3-5-9-23(19)33(32-25)16-17-6-2-4-8-20(17)27/h2-13,15H,16H2,1H3,(H,29,30,31). The molecular formula is C26H19FN6O. The van der Waals surface area contributed by atoms with Crippen LogP contribution in [-0.2, 0) is 6.54 Å². The molecule has 34 heavy (non-hydrogen) atoms. The summed E-state index contributed by atoms with van der Waals surface area (Å²) in [5.41, 5.74) is 3.64. The van der Waals surface area contributed by atoms with E-state index in [-0.39, 0.29) is 12.4 Å². The third-order valence-electron chi connectivity index (χ3n) is 5.45. The monoisotopic (exact) mass is 450 g/mol. The highest BCUT2D eigenvalue weighted by atomic mass is 19.1. The summed E-state index contributed by atoms with van der Waals surface area (Å²) >= 11 is 0. The van der Waals surface area contributed by atoms with Gasteiger partial charge in [-0.15, -0.1) is 0 Å². The molecule has 0 aliphatic carbocycles. The number of halogens is 1. The predicted molar refractivity (Wildman–Crippen MR) is 127 cm³/mol. The molecule has 0 aliphatic heterocycles. The molecule has 2 aromatic carbocycles. The third-order valence-corrected chi connectivity index (χ3v) is 5.45. The van der Waals surface area contributed by atoms with Gasteiger partial charge in [0, 0.05) is 23.3 Å². The van der Waals surface area contributed by atoms with Crippen LogP contribution >= 0.6 is 0 Å². The number of pyridine rings is 2. The zero-order valence-electron chi connectivity index (χ0n) is 18.2. The number of ether oxygens (including phenoxy) is 1. The first-order valence-corrected chi connectivity index (χ1v) is 10.5. The lowest BCUT2D eigenvalue weighted by Crippen LogP contribution is -2.04. The van der Waals surface area contributed by atoms with Crippen molar-refractivity contribution in [1.82, 2.24) is 19.7 Å². The first-order chi connectivity index (χ1) is 16.7. The van der Waals surface area contributed by atoms with Crippen molar-refractivity contribution >= 4 is 22.4 Å². The molecule has 0 unspecified atom stereocenters. The second-order valence-corrected chi connectivity index (χ2v) is 7.52. The Labute approximate surface area is 195 Å². The normalized spacial score (nSPS) is 10.7. The van der Waals surface area contributed by atoms with Gasteiger partial charge in [-0.25, -0.2) is 9.37 Å². The van der Waals surface area contributed by atoms with Crippen molar-refractivity contribution in [3.05, 3.63) is 96.1 Å². The van der Waals surface area contributed by atoms with Crippen LogP contribution in [0.5, 0.6) is 5.75 Å². The van der Waals surface area contributed by atoms with E-state index in [0.717, 1.165) is 10.9 Å². The molecule has 0 bridgehead atoms. The molecule has 0 aliphatic rings. The summed E-state index contributed by atoms with van der Waals surface area (Å²) in [5.74, 6) is 0.679. The van der Waals surface area contributed by atoms with E-state index in [9.17, 15) is 9.65 Å². The van der Waals surface area contributed by atoms with Gasteiger partial charge in [0.25, 0.3) is 0 Å². The Balaban J connectivity index is 1.60. The number of methoxy groups -OCH3 is 1. The van der Waals surface area contributed by atoms with Crippen LogP contribution in [-0.4, -0.2) is 26.9 Å². The van der Waals surface area contributed by atoms with Crippen LogP contribution in [0.2, 0.25) is 0 Å². The molecule has 3 aromatic heterocycles. The Hall–Kier alpha value is -4.77. The van der Waals surface area contributed by atoms with E-state index in [4.69, 9.17) is 14.8 Å². The summed E-state index contributed by atoms with van der Waals surface area (Å²) in [6.45, 7) is 0.289. The molecular weight excluding hydrogens is 431 g/mol. The second-order valence-electron chi connectivity index (χ2n) is 7.52. The summed E-state index contributed by atoms with van der Waals surface area (Å²) < 4.78 is 21.6. The number of hydrogen-bond donors (Lipinski definition) is 1. The van der Waals surface area contributed by atoms with Gasteiger partial charge in [-0.1, -0.05) is 36.4 Å². The van der Waals surface area contributed by atoms with Crippen molar-refractivity contribution in [3.8, 4) is 23.2 Å². The summed E-state index contributed by atoms with van der Waals surface area (Å²) in [5, 5.41) is 18.3. The molecule has 0 saturated heterocycles. The largest absolute Gasteiger partial charge is 0.493 e. The van der Waals surface area contributed by atoms with Crippen LogP contribution in [0.1, 0.15) is 11.1 Å². The van der Waals surface area contributed by atoms with E-state index in [0.29, 0.717) is 39.8 Å². The van der Waals surface area contributed by atoms with Crippen LogP contribution in [0.4, 0.5) is 15.9 Å². The molecule has 0 saturated carbocycles. The van der Waals surface area contributed by atoms with E-state index >= 15 is 0 Å². The lowest BCUT2D eigenvalue weighted by Gasteiger charge is -2.12. The maximum atomic E-state index is 14.3. The SMILES string of the molecule is COc1ccc(-c2nn(Cc3ccccc3F)c3ccccc23)nc1Nc1ccncc1C#N. The fraction of sp³-hybridized carbons (Fsp3) is 0.0769. The molecule has 0 radical (unpaired) electrons. The lowest BCUT2D eigenvalue weighted by molar-refractivity contribution is 0.415. The van der Waals surface area contributed by atoms with Crippen LogP contribution < -0.4 is 10.1 Å². The average molecular weight is 450 g/mol. The van der Waals surface area contributed by atoms with Crippen molar-refractivity contribution in [2.75, 3.05) is 12.4 Å². The van der Waals surface area contributed by atoms with Crippen LogP contribution in [0.25, 0.3) is 22.3 Å². The molecule has 7 nitrogen and oxygen atoms in total. The van der Waals surface area contributed by atoms with Gasteiger partial charge >= 0.3 is 0 Å². The number of rotatable bonds is 6. The van der Waals surface area contributed by atoms with E-state index < -0.39 is 0 Å². The van der Waals surface area contributed by atoms with Crippen molar-refractivity contribution in [3.63, 3.8) is 0 Å². The highest BCUT2D eigenvalue weighted by molar-refractivity contribution is 5.93. The van der Waals surface area contributed by atoms with Crippen LogP contribution in [0, 0.1) is 17.1 Å². The highest BCUT2D eigenvalue weighted by Gasteiger charge is 2.17. The molecule has 166 valence electrons. The second kappa shape index (κ2) is 9.00. The Morgan fingerprint density at radius 3 is 2.71 bits per heavy atom. The molecule has 5 rings (SSSR count). The van der Waals surface area contributed by atoms with Crippen molar-refractivity contribution in [1.29, 1.82) is 5.26 Å². The zero-order chi connectivity index (χ0) is 23.5. The van der Waals surface area contributed by atoms with Crippen molar-refractivity contribution < 1.29 is 9.13 Å². The Kier molecular flexibility index (Phi) is 5.58. The number of aromatic nitrogens is 4. The van der Waals surface area contributed by atoms with Crippen LogP contribution in [0.3, 0.4) is 0 Å². The van der Waals surface area contributed by atoms with Gasteiger partial charge in [0.05, 0.1) is 36.1 Å². The minimum absolute atomic E-state index is 0.275. The smallest absolute Gasteiger partial charge is 0.173 e. The third kappa shape index (κ3) is 3.91. The van der Waals surface area contributed by atoms with Gasteiger partial charge in [0.15, 0.2) is 11.6 Å². The number of nitriles is 1. The first-order valence-electron chi connectivity index (χ1n) is 10.5. The maximum absolute atomic E-state index is 14.3. The number of nitrogens with zero attached hydrogens (tertiary/aromatic N) is 5. The van der Waals surface area contributed by atoms with Gasteiger partial charge < -0.3 is 10.1 Å². The van der Waals surface area contributed by atoms with Crippen molar-refractivity contribution in [2.24, 2.45) is 0 Å². The fourth-order valence-electron chi connectivity index (χ4n) is 3.78. The van der Waals surface area contributed by atoms with Gasteiger partial charge in [-0.2, -0.15) is 10.4 Å². The molecule has 5 aromatic rings. The Morgan fingerprint density at radius 2 is 1.88 bits per heavy atom. The summed E-state index contributed by atoms with van der Waals surface area (Å²) in [4.78, 5) is 8.75. The summed E-state index contributed by atoms with van der Waals surface area (Å²) in [7, 11) is 1.55. The van der Waals surface area contributed by atoms with Gasteiger partial charge in [0.1, 0.15) is 17.6 Å². The summed E-state index contributed by atoms with van der Waals surface area (Å²) in [6, 6.07) is 21.9. The van der Waals surface area contributed by atoms with Gasteiger partial charge in [0.2, 0.25) is 0 Å². The van der Waals surface area contributed by atoms with Crippen LogP contribution in [0.15, 0.2) is 79.1 Å². The molecule has 3 heterocycles. The average Bonchev–Trinajstić information content (AvgIpc) is 3.24. The van der Waals surface area contributed by atoms with E-state index in [2.05, 4.69) is 16.4 Å². The molecule has 1 N–H and O–H groups in total. The van der Waals surface area contributed by atoms with E-state index in [1.807, 2.05) is 36.4 Å². The minimum Gasteiger partial charge on any atom is -0.493 e. The predicted octanol–water partition coefficient (Wildman–Crippen LogP) is 5.30. The molecule has 0 atom stereocenters. The lowest BCUT2D eigenvalue weighted by atomic mass is 10.1. The quantitative estimate of drug-likeness (QED) is 0.377. The first kappa shape index (κ1) is 21.1. The molecule has 0 fully saturated rings. The number of anilines is 2. The minimum atomic E-state index is -0.275. The van der Waals surface area contributed by atoms with Gasteiger partial charge in [-0.3, -0.25) is 9.67 Å². The number of para-hydroxylation sites is 1. The topological polar surface area (TPSA) is 88.7 Å². The fourth-order valence-corrected chi connectivity index (χ4v) is 3.78. The zero-order valence-corrected chi connectivity index (χ0v) is 18.2. The molecule has 0 spiro atoms. The Morgan fingerprint density at radius 1 is 1.06 bits per heavy atom. The number of fused-ring (bicyclic) bond motifs is 1. The van der Waals surface area contributed by atoms with Crippen molar-refractivity contribution in [2.45, 2.75) is 6.54 Å². The number of hydrogen-bond acceptors (Lipinski definition) is 6. The molecule has 8 heteroatoms. The number of nitrogens with one attached hydrogen (secondary N) is 1. The van der Waals surface area contributed by atoms with Gasteiger partial charge in [-0.05, 0) is 30.3 Å². The highest BCUT2D eigenvalue weighted by Crippen LogP contribution is 2.33. The van der Waals surface area contributed by atoms with E-state index in [1.54, 1.807) is 42.3 Å².